The molecule has 3 nitrogen and oxygen atoms in total. The predicted molar refractivity (Wildman–Crippen MR) is 125 cm³/mol. The van der Waals surface area contributed by atoms with Crippen molar-refractivity contribution in [2.45, 2.75) is 38.4 Å². The lowest BCUT2D eigenvalue weighted by Gasteiger charge is -2.34. The van der Waals surface area contributed by atoms with Gasteiger partial charge in [-0.15, -0.1) is 0 Å². The summed E-state index contributed by atoms with van der Waals surface area (Å²) in [5, 5.41) is 8.26. The molecule has 2 unspecified atom stereocenters. The number of rotatable bonds is 7. The van der Waals surface area contributed by atoms with Crippen LogP contribution in [0.4, 0.5) is 0 Å². The fourth-order valence-corrected chi connectivity index (χ4v) is 4.32. The first kappa shape index (κ1) is 20.9. The summed E-state index contributed by atoms with van der Waals surface area (Å²) >= 11 is 6.06. The molecular weight excluding hydrogens is 392 g/mol. The average molecular weight is 421 g/mol. The van der Waals surface area contributed by atoms with E-state index in [9.17, 15) is 0 Å². The maximum absolute atomic E-state index is 6.06. The Morgan fingerprint density at radius 2 is 1.77 bits per heavy atom. The largest absolute Gasteiger partial charge is 0.494 e. The van der Waals surface area contributed by atoms with E-state index in [1.54, 1.807) is 0 Å². The summed E-state index contributed by atoms with van der Waals surface area (Å²) in [6, 6.07) is 25.9. The summed E-state index contributed by atoms with van der Waals surface area (Å²) < 4.78 is 5.92. The van der Waals surface area contributed by atoms with Crippen LogP contribution >= 0.6 is 11.6 Å². The summed E-state index contributed by atoms with van der Waals surface area (Å²) in [7, 11) is 0. The molecule has 0 aliphatic carbocycles. The van der Waals surface area contributed by atoms with Crippen LogP contribution in [0.2, 0.25) is 5.02 Å². The second-order valence-corrected chi connectivity index (χ2v) is 8.17. The average Bonchev–Trinajstić information content (AvgIpc) is 2.80. The van der Waals surface area contributed by atoms with E-state index in [4.69, 9.17) is 16.3 Å². The Morgan fingerprint density at radius 3 is 2.53 bits per heavy atom. The number of nitrogens with one attached hydrogen (secondary N) is 2. The molecule has 2 atom stereocenters. The van der Waals surface area contributed by atoms with Gasteiger partial charge in [0.05, 0.1) is 6.61 Å². The van der Waals surface area contributed by atoms with Crippen LogP contribution < -0.4 is 15.4 Å². The summed E-state index contributed by atoms with van der Waals surface area (Å²) in [4.78, 5) is 0. The van der Waals surface area contributed by atoms with Gasteiger partial charge in [0.2, 0.25) is 0 Å². The Labute approximate surface area is 184 Å². The Bertz CT molecular complexity index is 943. The highest BCUT2D eigenvalue weighted by Gasteiger charge is 2.25. The van der Waals surface area contributed by atoms with Gasteiger partial charge in [-0.2, -0.15) is 0 Å². The minimum Gasteiger partial charge on any atom is -0.494 e. The summed E-state index contributed by atoms with van der Waals surface area (Å²) in [6.45, 7) is 4.52. The first-order valence-electron chi connectivity index (χ1n) is 10.8. The lowest BCUT2D eigenvalue weighted by molar-refractivity contribution is 0.299. The monoisotopic (exact) mass is 420 g/mol. The molecule has 30 heavy (non-hydrogen) atoms. The number of benzene rings is 3. The third-order valence-corrected chi connectivity index (χ3v) is 5.96. The van der Waals surface area contributed by atoms with E-state index in [0.29, 0.717) is 18.7 Å². The van der Waals surface area contributed by atoms with Gasteiger partial charge in [-0.1, -0.05) is 60.1 Å². The zero-order valence-electron chi connectivity index (χ0n) is 17.4. The molecule has 156 valence electrons. The molecule has 4 heteroatoms. The Morgan fingerprint density at radius 1 is 1.00 bits per heavy atom. The second kappa shape index (κ2) is 10.1. The molecule has 1 fully saturated rings. The van der Waals surface area contributed by atoms with Crippen LogP contribution in [0.3, 0.4) is 0 Å². The molecular formula is C26H29ClN2O. The maximum atomic E-state index is 6.06. The van der Waals surface area contributed by atoms with Gasteiger partial charge in [-0.3, -0.25) is 0 Å². The molecule has 0 saturated carbocycles. The highest BCUT2D eigenvalue weighted by atomic mass is 35.5. The van der Waals surface area contributed by atoms with Gasteiger partial charge in [0.1, 0.15) is 5.75 Å². The van der Waals surface area contributed by atoms with Crippen molar-refractivity contribution in [3.05, 3.63) is 88.9 Å². The van der Waals surface area contributed by atoms with Crippen molar-refractivity contribution < 1.29 is 4.74 Å². The molecule has 0 spiro atoms. The SMILES string of the molecule is CCOc1ccc(-c2ccc(Cl)cc2)cc1CNC1CCCNC1c1ccccc1. The molecule has 1 saturated heterocycles. The number of ether oxygens (including phenoxy) is 1. The van der Waals surface area contributed by atoms with Crippen molar-refractivity contribution in [1.82, 2.24) is 10.6 Å². The quantitative estimate of drug-likeness (QED) is 0.492. The van der Waals surface area contributed by atoms with E-state index in [2.05, 4.69) is 71.3 Å². The molecule has 0 amide bonds. The number of hydrogen-bond acceptors (Lipinski definition) is 3. The van der Waals surface area contributed by atoms with Crippen molar-refractivity contribution in [1.29, 1.82) is 0 Å². The van der Waals surface area contributed by atoms with E-state index in [0.717, 1.165) is 35.8 Å². The summed E-state index contributed by atoms with van der Waals surface area (Å²) in [5.41, 5.74) is 4.86. The van der Waals surface area contributed by atoms with Crippen molar-refractivity contribution in [3.8, 4) is 16.9 Å². The molecule has 0 radical (unpaired) electrons. The normalized spacial score (nSPS) is 18.9. The predicted octanol–water partition coefficient (Wildman–Crippen LogP) is 5.99. The van der Waals surface area contributed by atoms with Gasteiger partial charge in [-0.05, 0) is 67.3 Å². The molecule has 0 aromatic heterocycles. The summed E-state index contributed by atoms with van der Waals surface area (Å²) in [6.07, 6.45) is 2.34. The molecule has 3 aromatic carbocycles. The topological polar surface area (TPSA) is 33.3 Å². The molecule has 2 N–H and O–H groups in total. The van der Waals surface area contributed by atoms with Crippen molar-refractivity contribution in [2.24, 2.45) is 0 Å². The van der Waals surface area contributed by atoms with Crippen LogP contribution in [-0.2, 0) is 6.54 Å². The van der Waals surface area contributed by atoms with E-state index in [1.165, 1.54) is 23.1 Å². The van der Waals surface area contributed by atoms with E-state index in [1.807, 2.05) is 19.1 Å². The summed E-state index contributed by atoms with van der Waals surface area (Å²) in [5.74, 6) is 0.947. The van der Waals surface area contributed by atoms with Gasteiger partial charge in [0.15, 0.2) is 0 Å². The minimum absolute atomic E-state index is 0.329. The van der Waals surface area contributed by atoms with Crippen molar-refractivity contribution in [3.63, 3.8) is 0 Å². The zero-order chi connectivity index (χ0) is 20.8. The van der Waals surface area contributed by atoms with Gasteiger partial charge in [0.25, 0.3) is 0 Å². The van der Waals surface area contributed by atoms with Crippen molar-refractivity contribution in [2.75, 3.05) is 13.2 Å². The third-order valence-electron chi connectivity index (χ3n) is 5.71. The van der Waals surface area contributed by atoms with Crippen LogP contribution in [0, 0.1) is 0 Å². The zero-order valence-corrected chi connectivity index (χ0v) is 18.2. The van der Waals surface area contributed by atoms with Crippen LogP contribution in [0.5, 0.6) is 5.75 Å². The molecule has 0 bridgehead atoms. The number of piperidine rings is 1. The van der Waals surface area contributed by atoms with Gasteiger partial charge >= 0.3 is 0 Å². The Balaban J connectivity index is 1.54. The van der Waals surface area contributed by atoms with Crippen LogP contribution in [0.15, 0.2) is 72.8 Å². The second-order valence-electron chi connectivity index (χ2n) is 7.73. The lowest BCUT2D eigenvalue weighted by atomic mass is 9.92. The van der Waals surface area contributed by atoms with Gasteiger partial charge in [-0.25, -0.2) is 0 Å². The van der Waals surface area contributed by atoms with Crippen LogP contribution in [0.25, 0.3) is 11.1 Å². The molecule has 1 heterocycles. The Hall–Kier alpha value is -2.33. The smallest absolute Gasteiger partial charge is 0.123 e. The molecule has 4 rings (SSSR count). The first-order valence-corrected chi connectivity index (χ1v) is 11.2. The van der Waals surface area contributed by atoms with Crippen LogP contribution in [-0.4, -0.2) is 19.2 Å². The maximum Gasteiger partial charge on any atom is 0.123 e. The van der Waals surface area contributed by atoms with E-state index in [-0.39, 0.29) is 0 Å². The highest BCUT2D eigenvalue weighted by molar-refractivity contribution is 6.30. The van der Waals surface area contributed by atoms with Crippen molar-refractivity contribution >= 4 is 11.6 Å². The fraction of sp³-hybridized carbons (Fsp3) is 0.308. The highest BCUT2D eigenvalue weighted by Crippen LogP contribution is 2.29. The fourth-order valence-electron chi connectivity index (χ4n) is 4.20. The van der Waals surface area contributed by atoms with Crippen LogP contribution in [0.1, 0.15) is 36.9 Å². The minimum atomic E-state index is 0.329. The molecule has 3 aromatic rings. The van der Waals surface area contributed by atoms with E-state index < -0.39 is 0 Å². The van der Waals surface area contributed by atoms with Gasteiger partial charge in [0, 0.05) is 29.2 Å². The Kier molecular flexibility index (Phi) is 7.06. The third kappa shape index (κ3) is 5.04. The number of hydrogen-bond donors (Lipinski definition) is 2. The standard InChI is InChI=1S/C26H29ClN2O/c1-2-30-25-15-12-21(19-10-13-23(27)14-11-19)17-22(25)18-29-24-9-6-16-28-26(24)20-7-4-3-5-8-20/h3-5,7-8,10-15,17,24,26,28-29H,2,6,9,16,18H2,1H3. The first-order chi connectivity index (χ1) is 14.7. The molecule has 1 aliphatic heterocycles. The van der Waals surface area contributed by atoms with Gasteiger partial charge < -0.3 is 15.4 Å². The lowest BCUT2D eigenvalue weighted by Crippen LogP contribution is -2.45. The number of halogens is 1. The van der Waals surface area contributed by atoms with E-state index >= 15 is 0 Å². The molecule has 1 aliphatic rings.